The molecule has 136 valence electrons. The zero-order chi connectivity index (χ0) is 18.4. The van der Waals surface area contributed by atoms with Gasteiger partial charge in [0, 0.05) is 4.88 Å². The van der Waals surface area contributed by atoms with Crippen LogP contribution in [0.1, 0.15) is 54.7 Å². The van der Waals surface area contributed by atoms with E-state index in [1.165, 1.54) is 10.4 Å². The minimum Gasteiger partial charge on any atom is -0.337 e. The van der Waals surface area contributed by atoms with Gasteiger partial charge in [-0.3, -0.25) is 10.1 Å². The first-order chi connectivity index (χ1) is 12.7. The number of aryl methyl sites for hydroxylation is 1. The van der Waals surface area contributed by atoms with Crippen molar-refractivity contribution in [1.82, 2.24) is 10.6 Å². The third-order valence-electron chi connectivity index (χ3n) is 5.07. The van der Waals surface area contributed by atoms with E-state index in [-0.39, 0.29) is 18.5 Å². The zero-order valence-electron chi connectivity index (χ0n) is 15.1. The molecular formula is C21H25N3OS. The van der Waals surface area contributed by atoms with Crippen LogP contribution in [0, 0.1) is 11.3 Å². The van der Waals surface area contributed by atoms with Gasteiger partial charge in [-0.25, -0.2) is 0 Å². The van der Waals surface area contributed by atoms with Crippen LogP contribution in [0.2, 0.25) is 0 Å². The van der Waals surface area contributed by atoms with Crippen LogP contribution in [0.15, 0.2) is 41.8 Å². The molecule has 2 aromatic rings. The number of benzene rings is 1. The van der Waals surface area contributed by atoms with Crippen molar-refractivity contribution in [3.63, 3.8) is 0 Å². The van der Waals surface area contributed by atoms with E-state index in [4.69, 9.17) is 0 Å². The minimum atomic E-state index is -0.667. The van der Waals surface area contributed by atoms with Crippen LogP contribution in [-0.2, 0) is 11.2 Å². The molecule has 0 bridgehead atoms. The van der Waals surface area contributed by atoms with E-state index < -0.39 is 5.54 Å². The molecule has 1 fully saturated rings. The summed E-state index contributed by atoms with van der Waals surface area (Å²) in [6.07, 6.45) is 4.52. The molecule has 4 nitrogen and oxygen atoms in total. The molecule has 1 amide bonds. The lowest BCUT2D eigenvalue weighted by Crippen LogP contribution is -2.48. The van der Waals surface area contributed by atoms with Crippen molar-refractivity contribution in [2.24, 2.45) is 0 Å². The van der Waals surface area contributed by atoms with E-state index in [0.717, 1.165) is 37.7 Å². The summed E-state index contributed by atoms with van der Waals surface area (Å²) in [5, 5.41) is 17.8. The molecule has 0 spiro atoms. The Labute approximate surface area is 159 Å². The quantitative estimate of drug-likeness (QED) is 0.779. The number of nitriles is 1. The highest BCUT2D eigenvalue weighted by molar-refractivity contribution is 7.10. The van der Waals surface area contributed by atoms with Gasteiger partial charge in [-0.05, 0) is 54.7 Å². The Balaban J connectivity index is 1.68. The molecule has 1 aromatic carbocycles. The second-order valence-corrected chi connectivity index (χ2v) is 7.85. The van der Waals surface area contributed by atoms with Crippen molar-refractivity contribution in [3.05, 3.63) is 57.8 Å². The highest BCUT2D eigenvalue weighted by Crippen LogP contribution is 2.29. The SMILES string of the molecule is CCc1ccc([C@H](NCC(=O)NC2(C#N)CCCC2)c2cccs2)cc1. The van der Waals surface area contributed by atoms with Crippen LogP contribution < -0.4 is 10.6 Å². The molecule has 5 heteroatoms. The number of nitrogens with one attached hydrogen (secondary N) is 2. The molecule has 26 heavy (non-hydrogen) atoms. The molecule has 1 heterocycles. The molecule has 1 aromatic heterocycles. The van der Waals surface area contributed by atoms with Crippen molar-refractivity contribution < 1.29 is 4.79 Å². The Morgan fingerprint density at radius 3 is 2.58 bits per heavy atom. The maximum absolute atomic E-state index is 12.4. The van der Waals surface area contributed by atoms with Crippen molar-refractivity contribution in [2.45, 2.75) is 50.6 Å². The van der Waals surface area contributed by atoms with Crippen LogP contribution in [0.4, 0.5) is 0 Å². The summed E-state index contributed by atoms with van der Waals surface area (Å²) in [6.45, 7) is 2.34. The summed E-state index contributed by atoms with van der Waals surface area (Å²) in [5.41, 5.74) is 1.78. The Morgan fingerprint density at radius 2 is 2.00 bits per heavy atom. The molecule has 0 aliphatic heterocycles. The van der Waals surface area contributed by atoms with Crippen LogP contribution in [-0.4, -0.2) is 18.0 Å². The van der Waals surface area contributed by atoms with Crippen molar-refractivity contribution in [3.8, 4) is 6.07 Å². The molecule has 0 radical (unpaired) electrons. The van der Waals surface area contributed by atoms with Gasteiger partial charge in [-0.15, -0.1) is 11.3 Å². The fourth-order valence-corrected chi connectivity index (χ4v) is 4.36. The maximum Gasteiger partial charge on any atom is 0.235 e. The average Bonchev–Trinajstić information content (AvgIpc) is 3.35. The summed E-state index contributed by atoms with van der Waals surface area (Å²) in [5.74, 6) is -0.111. The summed E-state index contributed by atoms with van der Waals surface area (Å²) in [7, 11) is 0. The Kier molecular flexibility index (Phi) is 6.08. The lowest BCUT2D eigenvalue weighted by molar-refractivity contribution is -0.121. The fourth-order valence-electron chi connectivity index (χ4n) is 3.53. The van der Waals surface area contributed by atoms with Gasteiger partial charge in [-0.2, -0.15) is 5.26 Å². The van der Waals surface area contributed by atoms with Crippen molar-refractivity contribution in [2.75, 3.05) is 6.54 Å². The highest BCUT2D eigenvalue weighted by Gasteiger charge is 2.35. The van der Waals surface area contributed by atoms with E-state index in [9.17, 15) is 10.1 Å². The van der Waals surface area contributed by atoms with Gasteiger partial charge in [0.25, 0.3) is 0 Å². The largest absolute Gasteiger partial charge is 0.337 e. The average molecular weight is 368 g/mol. The predicted octanol–water partition coefficient (Wildman–Crippen LogP) is 3.94. The van der Waals surface area contributed by atoms with Gasteiger partial charge in [0.05, 0.1) is 18.7 Å². The van der Waals surface area contributed by atoms with Crippen molar-refractivity contribution in [1.29, 1.82) is 5.26 Å². The van der Waals surface area contributed by atoms with Crippen LogP contribution in [0.5, 0.6) is 0 Å². The van der Waals surface area contributed by atoms with Crippen LogP contribution >= 0.6 is 11.3 Å². The smallest absolute Gasteiger partial charge is 0.235 e. The number of carbonyl (C=O) groups excluding carboxylic acids is 1. The minimum absolute atomic E-state index is 0.0201. The standard InChI is InChI=1S/C21H25N3OS/c1-2-16-7-9-17(10-8-16)20(18-6-5-13-26-18)23-14-19(25)24-21(15-22)11-3-4-12-21/h5-10,13,20,23H,2-4,11-12,14H2,1H3,(H,24,25)/t20-/m0/s1. The molecule has 2 N–H and O–H groups in total. The predicted molar refractivity (Wildman–Crippen MR) is 105 cm³/mol. The third kappa shape index (κ3) is 4.32. The number of rotatable bonds is 7. The first-order valence-electron chi connectivity index (χ1n) is 9.24. The number of thiophene rings is 1. The maximum atomic E-state index is 12.4. The van der Waals surface area contributed by atoms with E-state index in [0.29, 0.717) is 0 Å². The van der Waals surface area contributed by atoms with Gasteiger partial charge in [0.15, 0.2) is 0 Å². The van der Waals surface area contributed by atoms with E-state index in [1.807, 2.05) is 11.4 Å². The van der Waals surface area contributed by atoms with E-state index in [2.05, 4.69) is 54.0 Å². The number of hydrogen-bond donors (Lipinski definition) is 2. The van der Waals surface area contributed by atoms with Crippen LogP contribution in [0.3, 0.4) is 0 Å². The molecule has 1 saturated carbocycles. The number of amides is 1. The Hall–Kier alpha value is -2.16. The molecule has 1 aliphatic rings. The topological polar surface area (TPSA) is 64.9 Å². The summed E-state index contributed by atoms with van der Waals surface area (Å²) >= 11 is 1.68. The molecule has 0 saturated heterocycles. The number of nitrogens with zero attached hydrogens (tertiary/aromatic N) is 1. The fraction of sp³-hybridized carbons (Fsp3) is 0.429. The first kappa shape index (κ1) is 18.6. The Bertz CT molecular complexity index is 756. The number of hydrogen-bond acceptors (Lipinski definition) is 4. The summed E-state index contributed by atoms with van der Waals surface area (Å²) in [6, 6.07) is 14.9. The molecule has 1 aliphatic carbocycles. The molecule has 1 atom stereocenters. The number of carbonyl (C=O) groups is 1. The van der Waals surface area contributed by atoms with E-state index in [1.54, 1.807) is 11.3 Å². The molecule has 0 unspecified atom stereocenters. The highest BCUT2D eigenvalue weighted by atomic mass is 32.1. The van der Waals surface area contributed by atoms with Gasteiger partial charge in [0.1, 0.15) is 5.54 Å². The van der Waals surface area contributed by atoms with Crippen LogP contribution in [0.25, 0.3) is 0 Å². The summed E-state index contributed by atoms with van der Waals surface area (Å²) < 4.78 is 0. The monoisotopic (exact) mass is 367 g/mol. The van der Waals surface area contributed by atoms with Gasteiger partial charge in [-0.1, -0.05) is 37.3 Å². The lowest BCUT2D eigenvalue weighted by Gasteiger charge is -2.23. The van der Waals surface area contributed by atoms with E-state index >= 15 is 0 Å². The molecular weight excluding hydrogens is 342 g/mol. The summed E-state index contributed by atoms with van der Waals surface area (Å²) in [4.78, 5) is 13.6. The molecule has 3 rings (SSSR count). The second-order valence-electron chi connectivity index (χ2n) is 6.87. The normalized spacial score (nSPS) is 16.8. The second kappa shape index (κ2) is 8.48. The first-order valence-corrected chi connectivity index (χ1v) is 10.1. The third-order valence-corrected chi connectivity index (χ3v) is 6.00. The Morgan fingerprint density at radius 1 is 1.27 bits per heavy atom. The van der Waals surface area contributed by atoms with Gasteiger partial charge < -0.3 is 5.32 Å². The van der Waals surface area contributed by atoms with Gasteiger partial charge >= 0.3 is 0 Å². The zero-order valence-corrected chi connectivity index (χ0v) is 15.9. The van der Waals surface area contributed by atoms with Gasteiger partial charge in [0.2, 0.25) is 5.91 Å². The van der Waals surface area contributed by atoms with Crippen molar-refractivity contribution >= 4 is 17.2 Å². The lowest BCUT2D eigenvalue weighted by atomic mass is 10.00.